The molecule has 1 fully saturated rings. The molecule has 27 heavy (non-hydrogen) atoms. The lowest BCUT2D eigenvalue weighted by atomic mass is 9.89. The van der Waals surface area contributed by atoms with Crippen LogP contribution in [0.15, 0.2) is 53.4 Å². The Balaban J connectivity index is 1.81. The van der Waals surface area contributed by atoms with E-state index in [1.54, 1.807) is 6.92 Å². The van der Waals surface area contributed by atoms with Gasteiger partial charge in [0.1, 0.15) is 6.29 Å². The first-order chi connectivity index (χ1) is 12.9. The number of carbonyl (C=O) groups is 1. The number of hydrogen-bond donors (Lipinski definition) is 0. The fourth-order valence-electron chi connectivity index (χ4n) is 4.50. The van der Waals surface area contributed by atoms with Crippen LogP contribution in [-0.2, 0) is 21.2 Å². The summed E-state index contributed by atoms with van der Waals surface area (Å²) in [4.78, 5) is 22.0. The molecule has 140 valence electrons. The Morgan fingerprint density at radius 2 is 1.81 bits per heavy atom. The van der Waals surface area contributed by atoms with E-state index in [-0.39, 0.29) is 16.5 Å². The molecule has 0 saturated carbocycles. The van der Waals surface area contributed by atoms with Crippen molar-refractivity contribution in [2.24, 2.45) is 11.8 Å². The number of non-ortho nitro benzene ring substituents is 1. The molecule has 4 rings (SSSR count). The number of benzene rings is 2. The van der Waals surface area contributed by atoms with Gasteiger partial charge in [-0.3, -0.25) is 10.1 Å². The first kappa shape index (κ1) is 17.8. The number of nitro groups is 1. The van der Waals surface area contributed by atoms with E-state index in [2.05, 4.69) is 0 Å². The summed E-state index contributed by atoms with van der Waals surface area (Å²) in [6, 6.07) is 11.7. The molecule has 0 N–H and O–H groups in total. The van der Waals surface area contributed by atoms with Crippen molar-refractivity contribution in [2.45, 2.75) is 30.3 Å². The third-order valence-electron chi connectivity index (χ3n) is 5.74. The maximum Gasteiger partial charge on any atom is 0.269 e. The lowest BCUT2D eigenvalue weighted by Crippen LogP contribution is -2.37. The summed E-state index contributed by atoms with van der Waals surface area (Å²) in [6.07, 6.45) is 1.53. The smallest absolute Gasteiger partial charge is 0.269 e. The Morgan fingerprint density at radius 3 is 2.44 bits per heavy atom. The number of fused-ring (bicyclic) bond motifs is 3. The molecule has 0 unspecified atom stereocenters. The topological polar surface area (TPSA) is 97.6 Å². The van der Waals surface area contributed by atoms with Crippen molar-refractivity contribution < 1.29 is 18.1 Å². The van der Waals surface area contributed by atoms with Crippen LogP contribution in [0.5, 0.6) is 0 Å². The van der Waals surface area contributed by atoms with Gasteiger partial charge in [0.15, 0.2) is 0 Å². The highest BCUT2D eigenvalue weighted by atomic mass is 32.2. The number of hydrogen-bond acceptors (Lipinski definition) is 5. The molecule has 0 aromatic heterocycles. The maximum absolute atomic E-state index is 13.4. The maximum atomic E-state index is 13.4. The molecule has 8 heteroatoms. The molecule has 4 atom stereocenters. The molecular weight excluding hydrogens is 368 g/mol. The average Bonchev–Trinajstić information content (AvgIpc) is 3.14. The van der Waals surface area contributed by atoms with E-state index in [1.165, 1.54) is 28.6 Å². The Morgan fingerprint density at radius 1 is 1.15 bits per heavy atom. The van der Waals surface area contributed by atoms with E-state index in [0.717, 1.165) is 17.4 Å². The molecule has 7 nitrogen and oxygen atoms in total. The molecule has 1 heterocycles. The molecule has 0 spiro atoms. The Labute approximate surface area is 156 Å². The lowest BCUT2D eigenvalue weighted by Gasteiger charge is -2.28. The van der Waals surface area contributed by atoms with Gasteiger partial charge in [-0.05, 0) is 42.5 Å². The minimum atomic E-state index is -3.92. The second-order valence-corrected chi connectivity index (χ2v) is 8.89. The summed E-state index contributed by atoms with van der Waals surface area (Å²) in [5.41, 5.74) is 1.83. The highest BCUT2D eigenvalue weighted by molar-refractivity contribution is 7.89. The monoisotopic (exact) mass is 386 g/mol. The van der Waals surface area contributed by atoms with E-state index in [0.29, 0.717) is 6.42 Å². The summed E-state index contributed by atoms with van der Waals surface area (Å²) >= 11 is 0. The van der Waals surface area contributed by atoms with Crippen LogP contribution in [0.3, 0.4) is 0 Å². The molecular formula is C19H18N2O5S. The van der Waals surface area contributed by atoms with Crippen molar-refractivity contribution >= 4 is 22.0 Å². The fourth-order valence-corrected chi connectivity index (χ4v) is 6.37. The molecule has 0 amide bonds. The molecule has 1 saturated heterocycles. The van der Waals surface area contributed by atoms with Crippen LogP contribution in [-0.4, -0.2) is 30.0 Å². The van der Waals surface area contributed by atoms with Crippen molar-refractivity contribution in [1.29, 1.82) is 0 Å². The average molecular weight is 386 g/mol. The van der Waals surface area contributed by atoms with Crippen molar-refractivity contribution in [3.63, 3.8) is 0 Å². The van der Waals surface area contributed by atoms with Gasteiger partial charge in [0.25, 0.3) is 5.69 Å². The van der Waals surface area contributed by atoms with Gasteiger partial charge in [-0.1, -0.05) is 24.3 Å². The van der Waals surface area contributed by atoms with Crippen molar-refractivity contribution in [2.75, 3.05) is 0 Å². The van der Waals surface area contributed by atoms with Crippen molar-refractivity contribution in [3.05, 3.63) is 69.8 Å². The first-order valence-corrected chi connectivity index (χ1v) is 10.1. The number of carbonyl (C=O) groups excluding carboxylic acids is 1. The molecule has 1 aliphatic heterocycles. The zero-order chi connectivity index (χ0) is 19.3. The summed E-state index contributed by atoms with van der Waals surface area (Å²) in [7, 11) is -3.92. The van der Waals surface area contributed by atoms with Crippen LogP contribution >= 0.6 is 0 Å². The zero-order valence-corrected chi connectivity index (χ0v) is 15.4. The van der Waals surface area contributed by atoms with E-state index in [9.17, 15) is 23.3 Å². The molecule has 0 radical (unpaired) electrons. The van der Waals surface area contributed by atoms with E-state index in [1.807, 2.05) is 24.3 Å². The van der Waals surface area contributed by atoms with Crippen LogP contribution in [0.4, 0.5) is 5.69 Å². The standard InChI is InChI=1S/C19H18N2O5S/c1-12-18(11-22)17-10-13-4-2-3-5-16(13)19(17)20(12)27(25,26)15-8-6-14(7-9-15)21(23)24/h2-9,11-12,17-19H,10H2,1H3/t12-,17-,18+,19-/m1/s1. The van der Waals surface area contributed by atoms with Gasteiger partial charge >= 0.3 is 0 Å². The largest absolute Gasteiger partial charge is 0.303 e. The van der Waals surface area contributed by atoms with Crippen LogP contribution in [0.25, 0.3) is 0 Å². The Bertz CT molecular complexity index is 1020. The third kappa shape index (κ3) is 2.59. The summed E-state index contributed by atoms with van der Waals surface area (Å²) in [5.74, 6) is -0.488. The van der Waals surface area contributed by atoms with Crippen LogP contribution in [0.2, 0.25) is 0 Å². The van der Waals surface area contributed by atoms with Gasteiger partial charge in [-0.15, -0.1) is 0 Å². The van der Waals surface area contributed by atoms with Gasteiger partial charge in [-0.25, -0.2) is 8.42 Å². The van der Waals surface area contributed by atoms with Crippen LogP contribution in [0, 0.1) is 22.0 Å². The minimum absolute atomic E-state index is 0.00497. The molecule has 2 aliphatic rings. The molecule has 2 aromatic rings. The molecule has 2 aromatic carbocycles. The zero-order valence-electron chi connectivity index (χ0n) is 14.6. The highest BCUT2D eigenvalue weighted by Gasteiger charge is 2.55. The first-order valence-electron chi connectivity index (χ1n) is 8.67. The predicted molar refractivity (Wildman–Crippen MR) is 97.5 cm³/mol. The third-order valence-corrected chi connectivity index (χ3v) is 7.72. The SMILES string of the molecule is C[C@@H]1[C@H](C=O)[C@H]2Cc3ccccc3[C@H]2N1S(=O)(=O)c1ccc([N+](=O)[O-])cc1. The quantitative estimate of drug-likeness (QED) is 0.457. The Kier molecular flexibility index (Phi) is 4.12. The molecule has 1 aliphatic carbocycles. The summed E-state index contributed by atoms with van der Waals surface area (Å²) in [6.45, 7) is 1.75. The second-order valence-electron chi connectivity index (χ2n) is 7.05. The van der Waals surface area contributed by atoms with Crippen molar-refractivity contribution in [3.8, 4) is 0 Å². The number of nitrogens with zero attached hydrogens (tertiary/aromatic N) is 2. The predicted octanol–water partition coefficient (Wildman–Crippen LogP) is 2.72. The second kappa shape index (κ2) is 6.24. The Hall–Kier alpha value is -2.58. The minimum Gasteiger partial charge on any atom is -0.303 e. The van der Waals surface area contributed by atoms with Crippen LogP contribution < -0.4 is 0 Å². The van der Waals surface area contributed by atoms with E-state index < -0.39 is 32.9 Å². The van der Waals surface area contributed by atoms with Gasteiger partial charge in [0.05, 0.1) is 15.9 Å². The number of aldehydes is 1. The summed E-state index contributed by atoms with van der Waals surface area (Å²) in [5, 5.41) is 10.8. The van der Waals surface area contributed by atoms with E-state index >= 15 is 0 Å². The highest BCUT2D eigenvalue weighted by Crippen LogP contribution is 2.53. The van der Waals surface area contributed by atoms with Gasteiger partial charge in [0, 0.05) is 24.1 Å². The van der Waals surface area contributed by atoms with Gasteiger partial charge in [0.2, 0.25) is 10.0 Å². The number of nitro benzene ring substituents is 1. The fraction of sp³-hybridized carbons (Fsp3) is 0.316. The molecule has 0 bridgehead atoms. The number of sulfonamides is 1. The van der Waals surface area contributed by atoms with Gasteiger partial charge in [-0.2, -0.15) is 4.31 Å². The van der Waals surface area contributed by atoms with Gasteiger partial charge < -0.3 is 4.79 Å². The number of rotatable bonds is 4. The normalized spacial score (nSPS) is 27.1. The van der Waals surface area contributed by atoms with Crippen molar-refractivity contribution in [1.82, 2.24) is 4.31 Å². The van der Waals surface area contributed by atoms with Crippen LogP contribution in [0.1, 0.15) is 24.1 Å². The summed E-state index contributed by atoms with van der Waals surface area (Å²) < 4.78 is 28.2. The van der Waals surface area contributed by atoms with E-state index in [4.69, 9.17) is 0 Å². The lowest BCUT2D eigenvalue weighted by molar-refractivity contribution is -0.384.